The Bertz CT molecular complexity index is 1440. The second kappa shape index (κ2) is 9.55. The van der Waals surface area contributed by atoms with E-state index in [2.05, 4.69) is 32.4 Å². The van der Waals surface area contributed by atoms with E-state index in [0.717, 1.165) is 36.9 Å². The Morgan fingerprint density at radius 2 is 1.97 bits per heavy atom. The van der Waals surface area contributed by atoms with Crippen molar-refractivity contribution in [1.29, 1.82) is 0 Å². The molecular formula is C28H27F2N5O2. The SMILES string of the molecule is COc1ccc(CN2[C@H]3CC[C@@H]2[C@H](NC(=O)c2ccc4c(cnn4-c4cccc(C(F)F)n4)c2)C3)cc1. The van der Waals surface area contributed by atoms with E-state index < -0.39 is 6.43 Å². The van der Waals surface area contributed by atoms with Crippen LogP contribution in [-0.4, -0.2) is 50.8 Å². The summed E-state index contributed by atoms with van der Waals surface area (Å²) in [5, 5.41) is 8.33. The smallest absolute Gasteiger partial charge is 0.280 e. The molecule has 6 rings (SSSR count). The molecule has 7 nitrogen and oxygen atoms in total. The van der Waals surface area contributed by atoms with Crippen molar-refractivity contribution in [2.24, 2.45) is 0 Å². The second-order valence-electron chi connectivity index (χ2n) is 9.69. The topological polar surface area (TPSA) is 72.3 Å². The molecule has 2 bridgehead atoms. The Morgan fingerprint density at radius 3 is 2.76 bits per heavy atom. The average Bonchev–Trinajstić information content (AvgIpc) is 3.61. The Labute approximate surface area is 213 Å². The molecule has 1 amide bonds. The molecule has 3 atom stereocenters. The summed E-state index contributed by atoms with van der Waals surface area (Å²) in [4.78, 5) is 19.7. The third kappa shape index (κ3) is 4.44. The number of nitrogens with zero attached hydrogens (tertiary/aromatic N) is 4. The molecule has 0 saturated carbocycles. The normalized spacial score (nSPS) is 21.1. The minimum atomic E-state index is -2.66. The summed E-state index contributed by atoms with van der Waals surface area (Å²) >= 11 is 0. The van der Waals surface area contributed by atoms with Gasteiger partial charge in [-0.1, -0.05) is 18.2 Å². The van der Waals surface area contributed by atoms with Gasteiger partial charge in [0.1, 0.15) is 11.4 Å². The maximum atomic E-state index is 13.2. The lowest BCUT2D eigenvalue weighted by Crippen LogP contribution is -2.43. The molecule has 2 aliphatic rings. The zero-order chi connectivity index (χ0) is 25.5. The quantitative estimate of drug-likeness (QED) is 0.388. The van der Waals surface area contributed by atoms with Crippen LogP contribution in [0.2, 0.25) is 0 Å². The first-order valence-corrected chi connectivity index (χ1v) is 12.4. The second-order valence-corrected chi connectivity index (χ2v) is 9.69. The minimum Gasteiger partial charge on any atom is -0.497 e. The molecule has 2 fully saturated rings. The van der Waals surface area contributed by atoms with Gasteiger partial charge in [0.05, 0.1) is 18.8 Å². The zero-order valence-electron chi connectivity index (χ0n) is 20.3. The number of benzene rings is 2. The molecule has 4 aromatic rings. The van der Waals surface area contributed by atoms with E-state index in [4.69, 9.17) is 4.74 Å². The van der Waals surface area contributed by atoms with E-state index in [9.17, 15) is 13.6 Å². The maximum Gasteiger partial charge on any atom is 0.280 e. The fourth-order valence-corrected chi connectivity index (χ4v) is 5.73. The fourth-order valence-electron chi connectivity index (χ4n) is 5.73. The van der Waals surface area contributed by atoms with E-state index >= 15 is 0 Å². The lowest BCUT2D eigenvalue weighted by Gasteiger charge is -2.25. The molecule has 0 spiro atoms. The Morgan fingerprint density at radius 1 is 1.14 bits per heavy atom. The molecule has 2 saturated heterocycles. The number of hydrogen-bond donors (Lipinski definition) is 1. The van der Waals surface area contributed by atoms with E-state index in [1.165, 1.54) is 22.4 Å². The van der Waals surface area contributed by atoms with Gasteiger partial charge < -0.3 is 10.1 Å². The number of amides is 1. The van der Waals surface area contributed by atoms with Gasteiger partial charge in [-0.2, -0.15) is 5.10 Å². The van der Waals surface area contributed by atoms with Crippen LogP contribution in [0.1, 0.15) is 47.3 Å². The number of halogens is 2. The number of rotatable bonds is 7. The van der Waals surface area contributed by atoms with Gasteiger partial charge in [-0.15, -0.1) is 0 Å². The molecule has 1 N–H and O–H groups in total. The first-order valence-electron chi connectivity index (χ1n) is 12.4. The van der Waals surface area contributed by atoms with Crippen molar-refractivity contribution in [1.82, 2.24) is 25.0 Å². The van der Waals surface area contributed by atoms with Crippen molar-refractivity contribution in [3.8, 4) is 11.6 Å². The molecule has 37 heavy (non-hydrogen) atoms. The van der Waals surface area contributed by atoms with Crippen molar-refractivity contribution >= 4 is 16.8 Å². The summed E-state index contributed by atoms with van der Waals surface area (Å²) in [6, 6.07) is 18.8. The number of carbonyl (C=O) groups excluding carboxylic acids is 1. The highest BCUT2D eigenvalue weighted by molar-refractivity contribution is 5.98. The number of alkyl halides is 2. The van der Waals surface area contributed by atoms with Crippen LogP contribution in [0.15, 0.2) is 66.9 Å². The first-order chi connectivity index (χ1) is 18.0. The number of hydrogen-bond acceptors (Lipinski definition) is 5. The first kappa shape index (κ1) is 23.5. The summed E-state index contributed by atoms with van der Waals surface area (Å²) in [5.74, 6) is 1.04. The van der Waals surface area contributed by atoms with E-state index in [0.29, 0.717) is 29.0 Å². The number of carbonyl (C=O) groups is 1. The number of ether oxygens (including phenoxy) is 1. The standard InChI is InChI=1S/C28H27F2N5O2/c1-37-21-9-5-17(6-10-21)16-34-20-8-12-25(34)23(14-20)33-28(36)18-7-11-24-19(13-18)15-31-35(24)26-4-2-3-22(32-26)27(29)30/h2-7,9-11,13,15,20,23,25,27H,8,12,14,16H2,1H3,(H,33,36)/t20-,23+,25+/m0/s1. The molecular weight excluding hydrogens is 476 g/mol. The molecule has 2 aliphatic heterocycles. The van der Waals surface area contributed by atoms with Crippen molar-refractivity contribution in [3.05, 3.63) is 83.7 Å². The molecule has 2 aromatic carbocycles. The van der Waals surface area contributed by atoms with Gasteiger partial charge in [0.25, 0.3) is 12.3 Å². The van der Waals surface area contributed by atoms with Gasteiger partial charge in [0, 0.05) is 35.6 Å². The van der Waals surface area contributed by atoms with Crippen LogP contribution in [0.25, 0.3) is 16.7 Å². The molecule has 0 radical (unpaired) electrons. The van der Waals surface area contributed by atoms with Crippen LogP contribution in [-0.2, 0) is 6.54 Å². The van der Waals surface area contributed by atoms with Gasteiger partial charge in [0.15, 0.2) is 5.82 Å². The van der Waals surface area contributed by atoms with Crippen LogP contribution >= 0.6 is 0 Å². The molecule has 0 aliphatic carbocycles. The van der Waals surface area contributed by atoms with Gasteiger partial charge in [-0.25, -0.2) is 18.4 Å². The number of pyridine rings is 1. The highest BCUT2D eigenvalue weighted by Gasteiger charge is 2.46. The van der Waals surface area contributed by atoms with Crippen molar-refractivity contribution in [2.75, 3.05) is 7.11 Å². The van der Waals surface area contributed by atoms with E-state index in [1.807, 2.05) is 12.1 Å². The molecule has 4 heterocycles. The van der Waals surface area contributed by atoms with Crippen LogP contribution < -0.4 is 10.1 Å². The number of fused-ring (bicyclic) bond motifs is 3. The summed E-state index contributed by atoms with van der Waals surface area (Å²) in [7, 11) is 1.67. The van der Waals surface area contributed by atoms with E-state index in [-0.39, 0.29) is 17.6 Å². The summed E-state index contributed by atoms with van der Waals surface area (Å²) in [6.45, 7) is 0.859. The third-order valence-electron chi connectivity index (χ3n) is 7.55. The van der Waals surface area contributed by atoms with Crippen LogP contribution in [0.3, 0.4) is 0 Å². The molecule has 2 aromatic heterocycles. The highest BCUT2D eigenvalue weighted by Crippen LogP contribution is 2.39. The Balaban J connectivity index is 1.16. The lowest BCUT2D eigenvalue weighted by molar-refractivity contribution is 0.0925. The maximum absolute atomic E-state index is 13.2. The van der Waals surface area contributed by atoms with Crippen LogP contribution in [0.4, 0.5) is 8.78 Å². The average molecular weight is 504 g/mol. The van der Waals surface area contributed by atoms with Gasteiger partial charge >= 0.3 is 0 Å². The summed E-state index contributed by atoms with van der Waals surface area (Å²) in [5.41, 5.74) is 2.18. The Kier molecular flexibility index (Phi) is 6.08. The predicted molar refractivity (Wildman–Crippen MR) is 135 cm³/mol. The minimum absolute atomic E-state index is 0.101. The molecule has 190 valence electrons. The van der Waals surface area contributed by atoms with Gasteiger partial charge in [-0.3, -0.25) is 9.69 Å². The summed E-state index contributed by atoms with van der Waals surface area (Å²) in [6.07, 6.45) is 2.13. The van der Waals surface area contributed by atoms with Crippen molar-refractivity contribution < 1.29 is 18.3 Å². The van der Waals surface area contributed by atoms with Crippen LogP contribution in [0, 0.1) is 0 Å². The molecule has 9 heteroatoms. The summed E-state index contributed by atoms with van der Waals surface area (Å²) < 4.78 is 32.9. The number of aromatic nitrogens is 3. The Hall–Kier alpha value is -3.85. The monoisotopic (exact) mass is 503 g/mol. The zero-order valence-corrected chi connectivity index (χ0v) is 20.3. The number of methoxy groups -OCH3 is 1. The van der Waals surface area contributed by atoms with E-state index in [1.54, 1.807) is 37.6 Å². The van der Waals surface area contributed by atoms with Crippen molar-refractivity contribution in [2.45, 2.75) is 50.4 Å². The van der Waals surface area contributed by atoms with Crippen LogP contribution in [0.5, 0.6) is 5.75 Å². The lowest BCUT2D eigenvalue weighted by atomic mass is 9.95. The molecule has 0 unspecified atom stereocenters. The third-order valence-corrected chi connectivity index (χ3v) is 7.55. The highest BCUT2D eigenvalue weighted by atomic mass is 19.3. The fraction of sp³-hybridized carbons (Fsp3) is 0.321. The van der Waals surface area contributed by atoms with Gasteiger partial charge in [-0.05, 0) is 67.3 Å². The predicted octanol–water partition coefficient (Wildman–Crippen LogP) is 4.90. The number of nitrogens with one attached hydrogen (secondary N) is 1. The van der Waals surface area contributed by atoms with Gasteiger partial charge in [0.2, 0.25) is 0 Å². The largest absolute Gasteiger partial charge is 0.497 e. The van der Waals surface area contributed by atoms with Crippen molar-refractivity contribution in [3.63, 3.8) is 0 Å².